The van der Waals surface area contributed by atoms with Gasteiger partial charge in [0.15, 0.2) is 0 Å². The third kappa shape index (κ3) is 1.41. The second-order valence-corrected chi connectivity index (χ2v) is 5.44. The molecule has 1 N–H and O–H groups in total. The molecule has 1 heterocycles. The number of non-ortho nitro benzene ring substituents is 1. The average molecular weight is 248 g/mol. The fourth-order valence-corrected chi connectivity index (χ4v) is 3.59. The summed E-state index contributed by atoms with van der Waals surface area (Å²) in [4.78, 5) is 12.7. The fourth-order valence-electron chi connectivity index (χ4n) is 3.59. The van der Waals surface area contributed by atoms with Crippen molar-refractivity contribution in [3.05, 3.63) is 39.9 Å². The molecule has 3 atom stereocenters. The van der Waals surface area contributed by atoms with Gasteiger partial charge in [-0.15, -0.1) is 0 Å². The van der Waals surface area contributed by atoms with E-state index in [2.05, 4.69) is 11.9 Å². The van der Waals surface area contributed by atoms with Gasteiger partial charge in [-0.05, 0) is 24.4 Å². The SMILES string of the molecule is CN1C[C@@H]2[C@H](C1)C2(CO)c1cccc([N+](=O)[O-])c1. The number of piperidine rings is 1. The molecule has 0 amide bonds. The molecule has 0 radical (unpaired) electrons. The van der Waals surface area contributed by atoms with Crippen LogP contribution in [-0.2, 0) is 5.41 Å². The van der Waals surface area contributed by atoms with E-state index in [0.717, 1.165) is 18.7 Å². The maximum Gasteiger partial charge on any atom is 0.269 e. The highest BCUT2D eigenvalue weighted by molar-refractivity contribution is 5.45. The molecule has 5 nitrogen and oxygen atoms in total. The van der Waals surface area contributed by atoms with E-state index in [9.17, 15) is 15.2 Å². The summed E-state index contributed by atoms with van der Waals surface area (Å²) in [7, 11) is 2.07. The normalized spacial score (nSPS) is 34.3. The molecule has 1 saturated heterocycles. The second-order valence-electron chi connectivity index (χ2n) is 5.44. The van der Waals surface area contributed by atoms with Crippen molar-refractivity contribution in [2.75, 3.05) is 26.7 Å². The van der Waals surface area contributed by atoms with Crippen LogP contribution >= 0.6 is 0 Å². The van der Waals surface area contributed by atoms with E-state index >= 15 is 0 Å². The topological polar surface area (TPSA) is 66.6 Å². The van der Waals surface area contributed by atoms with Gasteiger partial charge >= 0.3 is 0 Å². The van der Waals surface area contributed by atoms with Crippen LogP contribution in [0.15, 0.2) is 24.3 Å². The average Bonchev–Trinajstić information content (AvgIpc) is 2.76. The van der Waals surface area contributed by atoms with Gasteiger partial charge in [0.1, 0.15) is 0 Å². The molecule has 96 valence electrons. The second kappa shape index (κ2) is 3.76. The molecule has 1 aliphatic heterocycles. The molecule has 2 fully saturated rings. The summed E-state index contributed by atoms with van der Waals surface area (Å²) in [6, 6.07) is 6.73. The molecule has 1 aliphatic carbocycles. The van der Waals surface area contributed by atoms with Gasteiger partial charge in [0.2, 0.25) is 0 Å². The van der Waals surface area contributed by atoms with Gasteiger partial charge < -0.3 is 10.0 Å². The van der Waals surface area contributed by atoms with Gasteiger partial charge in [0, 0.05) is 30.6 Å². The van der Waals surface area contributed by atoms with Crippen LogP contribution in [0, 0.1) is 22.0 Å². The molecule has 3 rings (SSSR count). The van der Waals surface area contributed by atoms with Crippen molar-refractivity contribution in [2.24, 2.45) is 11.8 Å². The highest BCUT2D eigenvalue weighted by Crippen LogP contribution is 2.63. The van der Waals surface area contributed by atoms with E-state index in [-0.39, 0.29) is 22.6 Å². The molecule has 2 aliphatic rings. The third-order valence-corrected chi connectivity index (χ3v) is 4.57. The summed E-state index contributed by atoms with van der Waals surface area (Å²) in [6.45, 7) is 2.01. The Kier molecular flexibility index (Phi) is 2.43. The molecule has 5 heteroatoms. The maximum absolute atomic E-state index is 10.8. The molecule has 1 aromatic carbocycles. The van der Waals surface area contributed by atoms with Crippen LogP contribution in [0.1, 0.15) is 5.56 Å². The summed E-state index contributed by atoms with van der Waals surface area (Å²) >= 11 is 0. The minimum absolute atomic E-state index is 0.0807. The fraction of sp³-hybridized carbons (Fsp3) is 0.538. The van der Waals surface area contributed by atoms with Crippen LogP contribution in [0.25, 0.3) is 0 Å². The number of hydrogen-bond acceptors (Lipinski definition) is 4. The minimum Gasteiger partial charge on any atom is -0.395 e. The number of nitro benzene ring substituents is 1. The number of aliphatic hydroxyl groups is 1. The Bertz CT molecular complexity index is 491. The number of benzene rings is 1. The predicted molar refractivity (Wildman–Crippen MR) is 66.3 cm³/mol. The summed E-state index contributed by atoms with van der Waals surface area (Å²) in [5.74, 6) is 0.879. The summed E-state index contributed by atoms with van der Waals surface area (Å²) < 4.78 is 0. The first-order chi connectivity index (χ1) is 8.59. The molecule has 0 aromatic heterocycles. The molecular weight excluding hydrogens is 232 g/mol. The van der Waals surface area contributed by atoms with Crippen molar-refractivity contribution in [3.63, 3.8) is 0 Å². The van der Waals surface area contributed by atoms with Crippen LogP contribution in [-0.4, -0.2) is 41.7 Å². The third-order valence-electron chi connectivity index (χ3n) is 4.57. The van der Waals surface area contributed by atoms with Gasteiger partial charge in [-0.25, -0.2) is 0 Å². The van der Waals surface area contributed by atoms with Crippen LogP contribution in [0.3, 0.4) is 0 Å². The smallest absolute Gasteiger partial charge is 0.269 e. The Hall–Kier alpha value is -1.46. The lowest BCUT2D eigenvalue weighted by Gasteiger charge is -2.22. The lowest BCUT2D eigenvalue weighted by Crippen LogP contribution is -2.29. The first kappa shape index (κ1) is 11.6. The van der Waals surface area contributed by atoms with Gasteiger partial charge in [-0.1, -0.05) is 12.1 Å². The van der Waals surface area contributed by atoms with Crippen LogP contribution in [0.4, 0.5) is 5.69 Å². The molecule has 0 spiro atoms. The zero-order valence-corrected chi connectivity index (χ0v) is 10.2. The molecular formula is C13H16N2O3. The highest BCUT2D eigenvalue weighted by Gasteiger charge is 2.67. The van der Waals surface area contributed by atoms with E-state index in [0.29, 0.717) is 11.8 Å². The van der Waals surface area contributed by atoms with Crippen LogP contribution in [0.5, 0.6) is 0 Å². The Balaban J connectivity index is 1.95. The summed E-state index contributed by atoms with van der Waals surface area (Å²) in [6.07, 6.45) is 0. The number of hydrogen-bond donors (Lipinski definition) is 1. The van der Waals surface area contributed by atoms with E-state index in [1.807, 2.05) is 6.07 Å². The number of aliphatic hydroxyl groups excluding tert-OH is 1. The first-order valence-electron chi connectivity index (χ1n) is 6.14. The van der Waals surface area contributed by atoms with Crippen LogP contribution in [0.2, 0.25) is 0 Å². The van der Waals surface area contributed by atoms with E-state index in [4.69, 9.17) is 0 Å². The Morgan fingerprint density at radius 1 is 1.50 bits per heavy atom. The lowest BCUT2D eigenvalue weighted by molar-refractivity contribution is -0.384. The van der Waals surface area contributed by atoms with Crippen molar-refractivity contribution in [3.8, 4) is 0 Å². The van der Waals surface area contributed by atoms with Crippen molar-refractivity contribution in [1.82, 2.24) is 4.90 Å². The highest BCUT2D eigenvalue weighted by atomic mass is 16.6. The van der Waals surface area contributed by atoms with E-state index in [1.54, 1.807) is 12.1 Å². The maximum atomic E-state index is 10.8. The molecule has 0 bridgehead atoms. The quantitative estimate of drug-likeness (QED) is 0.640. The molecule has 1 unspecified atom stereocenters. The zero-order valence-electron chi connectivity index (χ0n) is 10.2. The first-order valence-corrected chi connectivity index (χ1v) is 6.14. The zero-order chi connectivity index (χ0) is 12.9. The Morgan fingerprint density at radius 2 is 2.17 bits per heavy atom. The Morgan fingerprint density at radius 3 is 2.72 bits per heavy atom. The summed E-state index contributed by atoms with van der Waals surface area (Å²) in [5, 5.41) is 20.6. The number of nitro groups is 1. The number of nitrogens with zero attached hydrogens (tertiary/aromatic N) is 2. The monoisotopic (exact) mass is 248 g/mol. The lowest BCUT2D eigenvalue weighted by atomic mass is 9.90. The number of fused-ring (bicyclic) bond motifs is 1. The van der Waals surface area contributed by atoms with E-state index in [1.165, 1.54) is 6.07 Å². The predicted octanol–water partition coefficient (Wildman–Crippen LogP) is 1.02. The van der Waals surface area contributed by atoms with Gasteiger partial charge in [-0.2, -0.15) is 0 Å². The summed E-state index contributed by atoms with van der Waals surface area (Å²) in [5.41, 5.74) is 0.791. The van der Waals surface area contributed by atoms with Crippen molar-refractivity contribution >= 4 is 5.69 Å². The van der Waals surface area contributed by atoms with Gasteiger partial charge in [-0.3, -0.25) is 10.1 Å². The Labute approximate surface area is 105 Å². The minimum atomic E-state index is -0.376. The molecule has 1 saturated carbocycles. The molecule has 18 heavy (non-hydrogen) atoms. The van der Waals surface area contributed by atoms with Gasteiger partial charge in [0.25, 0.3) is 5.69 Å². The van der Waals surface area contributed by atoms with Crippen molar-refractivity contribution in [1.29, 1.82) is 0 Å². The standard InChI is InChI=1S/C13H16N2O3/c1-14-6-11-12(7-14)13(11,8-16)9-3-2-4-10(5-9)15(17)18/h2-5,11-12,16H,6-8H2,1H3/t11-,12+,13?. The van der Waals surface area contributed by atoms with Crippen LogP contribution < -0.4 is 0 Å². The number of rotatable bonds is 3. The van der Waals surface area contributed by atoms with Crippen molar-refractivity contribution < 1.29 is 10.0 Å². The number of likely N-dealkylation sites (tertiary alicyclic amines) is 1. The van der Waals surface area contributed by atoms with E-state index < -0.39 is 0 Å². The van der Waals surface area contributed by atoms with Crippen molar-refractivity contribution in [2.45, 2.75) is 5.41 Å². The van der Waals surface area contributed by atoms with Gasteiger partial charge in [0.05, 0.1) is 11.5 Å². The largest absolute Gasteiger partial charge is 0.395 e. The molecule has 1 aromatic rings.